The molecule has 3 amide bonds. The molecule has 0 heterocycles. The Morgan fingerprint density at radius 3 is 2.17 bits per heavy atom. The number of rotatable bonds is 12. The van der Waals surface area contributed by atoms with Crippen LogP contribution in [0.15, 0.2) is 54.6 Å². The van der Waals surface area contributed by atoms with Crippen LogP contribution in [0.25, 0.3) is 11.1 Å². The van der Waals surface area contributed by atoms with E-state index in [9.17, 15) is 14.7 Å². The SMILES string of the molecule is CC(C)CCN(CCC(=O)NOC(C)(C)C)C(=O)N[C@H](CO)Cc1ccc(-c2ccccc2)cc1. The third-order valence-electron chi connectivity index (χ3n) is 5.43. The van der Waals surface area contributed by atoms with Crippen molar-refractivity contribution in [3.05, 3.63) is 60.2 Å². The first-order chi connectivity index (χ1) is 16.6. The lowest BCUT2D eigenvalue weighted by Crippen LogP contribution is -2.48. The Hall–Kier alpha value is -2.90. The third-order valence-corrected chi connectivity index (χ3v) is 5.43. The number of benzene rings is 2. The van der Waals surface area contributed by atoms with E-state index in [0.29, 0.717) is 18.9 Å². The quantitative estimate of drug-likeness (QED) is 0.386. The Labute approximate surface area is 209 Å². The molecule has 0 saturated carbocycles. The summed E-state index contributed by atoms with van der Waals surface area (Å²) in [6.45, 7) is 10.3. The monoisotopic (exact) mass is 483 g/mol. The van der Waals surface area contributed by atoms with Crippen molar-refractivity contribution in [2.24, 2.45) is 5.92 Å². The summed E-state index contributed by atoms with van der Waals surface area (Å²) in [5, 5.41) is 12.9. The van der Waals surface area contributed by atoms with Crippen LogP contribution in [0.2, 0.25) is 0 Å². The van der Waals surface area contributed by atoms with Gasteiger partial charge in [-0.2, -0.15) is 0 Å². The summed E-state index contributed by atoms with van der Waals surface area (Å²) in [6.07, 6.45) is 1.46. The highest BCUT2D eigenvalue weighted by atomic mass is 16.7. The molecule has 0 radical (unpaired) electrons. The zero-order valence-electron chi connectivity index (χ0n) is 21.7. The molecule has 192 valence electrons. The molecule has 3 N–H and O–H groups in total. The highest BCUT2D eigenvalue weighted by Gasteiger charge is 2.20. The first-order valence-electron chi connectivity index (χ1n) is 12.3. The number of aliphatic hydroxyl groups excluding tert-OH is 1. The van der Waals surface area contributed by atoms with Crippen molar-refractivity contribution in [3.63, 3.8) is 0 Å². The van der Waals surface area contributed by atoms with E-state index in [2.05, 4.69) is 36.8 Å². The molecule has 7 nitrogen and oxygen atoms in total. The average Bonchev–Trinajstić information content (AvgIpc) is 2.82. The largest absolute Gasteiger partial charge is 0.394 e. The van der Waals surface area contributed by atoms with Gasteiger partial charge in [-0.1, -0.05) is 68.4 Å². The van der Waals surface area contributed by atoms with Gasteiger partial charge in [0.25, 0.3) is 0 Å². The first kappa shape index (κ1) is 28.3. The lowest BCUT2D eigenvalue weighted by atomic mass is 10.0. The van der Waals surface area contributed by atoms with Gasteiger partial charge in [-0.05, 0) is 56.2 Å². The number of carbonyl (C=O) groups is 2. The summed E-state index contributed by atoms with van der Waals surface area (Å²) in [5.41, 5.74) is 5.24. The molecule has 0 unspecified atom stereocenters. The topological polar surface area (TPSA) is 90.9 Å². The van der Waals surface area contributed by atoms with E-state index in [1.807, 2.05) is 63.2 Å². The summed E-state index contributed by atoms with van der Waals surface area (Å²) in [5.74, 6) is 0.139. The molecular weight excluding hydrogens is 442 g/mol. The summed E-state index contributed by atoms with van der Waals surface area (Å²) < 4.78 is 0. The molecule has 2 aromatic rings. The Bertz CT molecular complexity index is 908. The molecule has 0 aliphatic carbocycles. The van der Waals surface area contributed by atoms with Gasteiger partial charge >= 0.3 is 6.03 Å². The predicted octanol–water partition coefficient (Wildman–Crippen LogP) is 4.55. The van der Waals surface area contributed by atoms with E-state index in [4.69, 9.17) is 4.84 Å². The standard InChI is InChI=1S/C28H41N3O4/c1-21(2)15-17-31(18-16-26(33)30-35-28(3,4)5)27(34)29-25(20-32)19-22-11-13-24(14-12-22)23-9-7-6-8-10-23/h6-14,21,25,32H,15-20H2,1-5H3,(H,29,34)(H,30,33)/t25-/m0/s1. The molecule has 0 fully saturated rings. The van der Waals surface area contributed by atoms with Crippen molar-refractivity contribution < 1.29 is 19.5 Å². The normalized spacial score (nSPS) is 12.3. The number of carbonyl (C=O) groups excluding carboxylic acids is 2. The molecular formula is C28H41N3O4. The second-order valence-electron chi connectivity index (χ2n) is 10.3. The summed E-state index contributed by atoms with van der Waals surface area (Å²) in [4.78, 5) is 32.1. The molecule has 0 aliphatic rings. The van der Waals surface area contributed by atoms with Crippen molar-refractivity contribution in [1.29, 1.82) is 0 Å². The van der Waals surface area contributed by atoms with Crippen LogP contribution in [0, 0.1) is 5.92 Å². The van der Waals surface area contributed by atoms with Crippen LogP contribution < -0.4 is 10.8 Å². The van der Waals surface area contributed by atoms with E-state index >= 15 is 0 Å². The van der Waals surface area contributed by atoms with Gasteiger partial charge in [0.15, 0.2) is 0 Å². The van der Waals surface area contributed by atoms with E-state index in [1.165, 1.54) is 0 Å². The molecule has 1 atom stereocenters. The molecule has 0 aromatic heterocycles. The molecule has 2 aromatic carbocycles. The highest BCUT2D eigenvalue weighted by molar-refractivity contribution is 5.77. The van der Waals surface area contributed by atoms with Crippen LogP contribution in [0.4, 0.5) is 4.79 Å². The number of hydrogen-bond donors (Lipinski definition) is 3. The number of aliphatic hydroxyl groups is 1. The molecule has 35 heavy (non-hydrogen) atoms. The Kier molecular flexibility index (Phi) is 11.2. The van der Waals surface area contributed by atoms with Crippen molar-refractivity contribution >= 4 is 11.9 Å². The molecule has 0 spiro atoms. The van der Waals surface area contributed by atoms with Crippen LogP contribution in [0.3, 0.4) is 0 Å². The lowest BCUT2D eigenvalue weighted by molar-refractivity contribution is -0.145. The fourth-order valence-electron chi connectivity index (χ4n) is 3.40. The third kappa shape index (κ3) is 10.9. The number of nitrogens with one attached hydrogen (secondary N) is 2. The van der Waals surface area contributed by atoms with Crippen molar-refractivity contribution in [3.8, 4) is 11.1 Å². The van der Waals surface area contributed by atoms with Crippen LogP contribution in [0.5, 0.6) is 0 Å². The second-order valence-corrected chi connectivity index (χ2v) is 10.3. The van der Waals surface area contributed by atoms with Crippen LogP contribution >= 0.6 is 0 Å². The van der Waals surface area contributed by atoms with E-state index in [0.717, 1.165) is 23.1 Å². The number of urea groups is 1. The van der Waals surface area contributed by atoms with Crippen LogP contribution in [-0.2, 0) is 16.1 Å². The fourth-order valence-corrected chi connectivity index (χ4v) is 3.40. The van der Waals surface area contributed by atoms with Gasteiger partial charge in [0.1, 0.15) is 0 Å². The number of amides is 3. The van der Waals surface area contributed by atoms with Gasteiger partial charge in [0.05, 0.1) is 18.2 Å². The zero-order chi connectivity index (χ0) is 25.8. The van der Waals surface area contributed by atoms with Crippen molar-refractivity contribution in [1.82, 2.24) is 15.7 Å². The maximum atomic E-state index is 13.0. The Balaban J connectivity index is 1.95. The first-order valence-corrected chi connectivity index (χ1v) is 12.3. The molecule has 2 rings (SSSR count). The van der Waals surface area contributed by atoms with Crippen LogP contribution in [0.1, 0.15) is 53.0 Å². The molecule has 0 saturated heterocycles. The lowest BCUT2D eigenvalue weighted by Gasteiger charge is -2.27. The smallest absolute Gasteiger partial charge is 0.317 e. The van der Waals surface area contributed by atoms with Crippen molar-refractivity contribution in [2.75, 3.05) is 19.7 Å². The number of hydroxylamine groups is 1. The Morgan fingerprint density at radius 1 is 0.971 bits per heavy atom. The Morgan fingerprint density at radius 2 is 1.60 bits per heavy atom. The summed E-state index contributed by atoms with van der Waals surface area (Å²) >= 11 is 0. The van der Waals surface area contributed by atoms with Gasteiger partial charge in [-0.25, -0.2) is 10.3 Å². The van der Waals surface area contributed by atoms with Gasteiger partial charge in [-0.3, -0.25) is 9.63 Å². The minimum Gasteiger partial charge on any atom is -0.394 e. The molecule has 7 heteroatoms. The van der Waals surface area contributed by atoms with Gasteiger partial charge < -0.3 is 15.3 Å². The highest BCUT2D eigenvalue weighted by Crippen LogP contribution is 2.19. The average molecular weight is 484 g/mol. The number of hydrogen-bond acceptors (Lipinski definition) is 4. The maximum Gasteiger partial charge on any atom is 0.317 e. The van der Waals surface area contributed by atoms with Gasteiger partial charge in [-0.15, -0.1) is 0 Å². The van der Waals surface area contributed by atoms with Crippen molar-refractivity contribution in [2.45, 2.75) is 65.5 Å². The fraction of sp³-hybridized carbons (Fsp3) is 0.500. The van der Waals surface area contributed by atoms with Gasteiger partial charge in [0, 0.05) is 19.5 Å². The molecule has 0 aliphatic heterocycles. The van der Waals surface area contributed by atoms with E-state index in [-0.39, 0.29) is 31.5 Å². The van der Waals surface area contributed by atoms with E-state index in [1.54, 1.807) is 4.90 Å². The summed E-state index contributed by atoms with van der Waals surface area (Å²) in [7, 11) is 0. The van der Waals surface area contributed by atoms with Crippen LogP contribution in [-0.4, -0.2) is 53.3 Å². The van der Waals surface area contributed by atoms with E-state index < -0.39 is 11.6 Å². The maximum absolute atomic E-state index is 13.0. The second kappa shape index (κ2) is 13.9. The minimum absolute atomic E-state index is 0.131. The summed E-state index contributed by atoms with van der Waals surface area (Å²) in [6, 6.07) is 17.6. The zero-order valence-corrected chi connectivity index (χ0v) is 21.7. The number of nitrogens with zero attached hydrogens (tertiary/aromatic N) is 1. The van der Waals surface area contributed by atoms with Gasteiger partial charge in [0.2, 0.25) is 5.91 Å². The minimum atomic E-state index is -0.488. The molecule has 0 bridgehead atoms. The predicted molar refractivity (Wildman–Crippen MR) is 140 cm³/mol.